The molecule has 0 aliphatic carbocycles. The first-order chi connectivity index (χ1) is 9.84. The lowest BCUT2D eigenvalue weighted by Gasteiger charge is -2.42. The number of nitrogens with zero attached hydrogens (tertiary/aromatic N) is 1. The maximum Gasteiger partial charge on any atom is 0.327 e. The molecule has 0 aromatic rings. The molecule has 0 aromatic heterocycles. The lowest BCUT2D eigenvalue weighted by Crippen LogP contribution is -2.61. The SMILES string of the molecule is [B]C([B])(O)[C@@]1(F)O[C@@]([B])(N2C=C(Cl)C(=C)NC2=O)[C@H](O)[C@@H]1O. The van der Waals surface area contributed by atoms with Gasteiger partial charge in [0.2, 0.25) is 0 Å². The number of urea groups is 1. The number of halogens is 2. The summed E-state index contributed by atoms with van der Waals surface area (Å²) >= 11 is 5.77. The van der Waals surface area contributed by atoms with Crippen molar-refractivity contribution in [3.63, 3.8) is 0 Å². The van der Waals surface area contributed by atoms with Crippen LogP contribution in [0.1, 0.15) is 0 Å². The minimum absolute atomic E-state index is 0.0280. The standard InChI is InChI=1S/C10H9B3ClFN2O5/c1-3-4(14)2-17(7(20)16-3)9(11)6(19)5(18)8(15,22-9)10(12,13)21/h2,5-6,18-19,21H,1H2,(H,16,20)/t5-,6+,8-,9-/m0/s1. The fourth-order valence-corrected chi connectivity index (χ4v) is 2.20. The second-order valence-corrected chi connectivity index (χ2v) is 5.38. The summed E-state index contributed by atoms with van der Waals surface area (Å²) in [5.74, 6) is -3.56. The fourth-order valence-electron chi connectivity index (χ4n) is 2.06. The van der Waals surface area contributed by atoms with E-state index in [9.17, 15) is 24.5 Å². The summed E-state index contributed by atoms with van der Waals surface area (Å²) in [6.07, 6.45) is -3.77. The van der Waals surface area contributed by atoms with E-state index in [-0.39, 0.29) is 10.7 Å². The zero-order valence-corrected chi connectivity index (χ0v) is 11.8. The van der Waals surface area contributed by atoms with Crippen molar-refractivity contribution in [2.24, 2.45) is 0 Å². The molecule has 2 rings (SSSR count). The minimum Gasteiger partial charge on any atom is -0.403 e. The molecule has 22 heavy (non-hydrogen) atoms. The van der Waals surface area contributed by atoms with Crippen molar-refractivity contribution >= 4 is 41.2 Å². The number of aliphatic hydroxyl groups is 3. The third-order valence-electron chi connectivity index (χ3n) is 3.35. The largest absolute Gasteiger partial charge is 0.403 e. The Morgan fingerprint density at radius 3 is 2.50 bits per heavy atom. The van der Waals surface area contributed by atoms with E-state index in [0.717, 1.165) is 6.20 Å². The van der Waals surface area contributed by atoms with Crippen LogP contribution in [0.2, 0.25) is 0 Å². The maximum absolute atomic E-state index is 14.6. The summed E-state index contributed by atoms with van der Waals surface area (Å²) in [4.78, 5) is 12.4. The molecule has 0 aromatic carbocycles. The number of rotatable bonds is 2. The first kappa shape index (κ1) is 17.4. The van der Waals surface area contributed by atoms with Crippen LogP contribution in [0.4, 0.5) is 9.18 Å². The van der Waals surface area contributed by atoms with Crippen LogP contribution in [0.25, 0.3) is 0 Å². The van der Waals surface area contributed by atoms with Gasteiger partial charge in [-0.05, 0) is 0 Å². The first-order valence-corrected chi connectivity index (χ1v) is 6.23. The Hall–Kier alpha value is -0.995. The van der Waals surface area contributed by atoms with Crippen LogP contribution >= 0.6 is 11.6 Å². The molecular formula is C10H9B3ClFN2O5. The van der Waals surface area contributed by atoms with Crippen LogP contribution < -0.4 is 5.32 Å². The summed E-state index contributed by atoms with van der Waals surface area (Å²) in [7, 11) is 15.7. The van der Waals surface area contributed by atoms with Crippen molar-refractivity contribution in [3.8, 4) is 0 Å². The molecule has 0 saturated carbocycles. The highest BCUT2D eigenvalue weighted by Gasteiger charge is 2.68. The lowest BCUT2D eigenvalue weighted by molar-refractivity contribution is -0.242. The van der Waals surface area contributed by atoms with Crippen LogP contribution in [-0.4, -0.2) is 78.9 Å². The third kappa shape index (κ3) is 2.28. The number of aliphatic hydroxyl groups excluding tert-OH is 2. The van der Waals surface area contributed by atoms with Gasteiger partial charge in [0, 0.05) is 11.6 Å². The van der Waals surface area contributed by atoms with E-state index in [1.54, 1.807) is 0 Å². The molecule has 2 aliphatic heterocycles. The van der Waals surface area contributed by atoms with Crippen molar-refractivity contribution in [1.82, 2.24) is 10.2 Å². The van der Waals surface area contributed by atoms with E-state index < -0.39 is 35.1 Å². The zero-order chi connectivity index (χ0) is 17.1. The molecule has 7 nitrogen and oxygen atoms in total. The average Bonchev–Trinajstić information content (AvgIpc) is 2.56. The molecule has 2 amide bonds. The van der Waals surface area contributed by atoms with Crippen molar-refractivity contribution in [2.45, 2.75) is 29.1 Å². The number of allylic oxidation sites excluding steroid dienone is 1. The van der Waals surface area contributed by atoms with Crippen LogP contribution in [0.5, 0.6) is 0 Å². The van der Waals surface area contributed by atoms with Crippen LogP contribution in [0.3, 0.4) is 0 Å². The Bertz CT molecular complexity index is 573. The molecule has 6 radical (unpaired) electrons. The Kier molecular flexibility index (Phi) is 3.95. The predicted octanol–water partition coefficient (Wildman–Crippen LogP) is -2.17. The van der Waals surface area contributed by atoms with Gasteiger partial charge in [-0.1, -0.05) is 18.2 Å². The lowest BCUT2D eigenvalue weighted by atomic mass is 9.59. The highest BCUT2D eigenvalue weighted by atomic mass is 35.5. The predicted molar refractivity (Wildman–Crippen MR) is 75.3 cm³/mol. The highest BCUT2D eigenvalue weighted by Crippen LogP contribution is 2.45. The van der Waals surface area contributed by atoms with Crippen molar-refractivity contribution in [1.29, 1.82) is 0 Å². The van der Waals surface area contributed by atoms with E-state index in [4.69, 9.17) is 35.1 Å². The van der Waals surface area contributed by atoms with Gasteiger partial charge in [-0.25, -0.2) is 9.18 Å². The van der Waals surface area contributed by atoms with Gasteiger partial charge in [0.05, 0.1) is 10.7 Å². The number of hydrogen-bond acceptors (Lipinski definition) is 5. The Morgan fingerprint density at radius 2 is 2.05 bits per heavy atom. The number of amides is 2. The van der Waals surface area contributed by atoms with Gasteiger partial charge in [-0.15, -0.1) is 0 Å². The van der Waals surface area contributed by atoms with Crippen molar-refractivity contribution in [3.05, 3.63) is 23.5 Å². The van der Waals surface area contributed by atoms with Gasteiger partial charge in [0.15, 0.2) is 0 Å². The van der Waals surface area contributed by atoms with E-state index >= 15 is 0 Å². The summed E-state index contributed by atoms with van der Waals surface area (Å²) in [6, 6.07) is -0.981. The Labute approximate surface area is 134 Å². The van der Waals surface area contributed by atoms with E-state index in [0.29, 0.717) is 4.90 Å². The first-order valence-electron chi connectivity index (χ1n) is 5.85. The van der Waals surface area contributed by atoms with Crippen LogP contribution in [0, 0.1) is 0 Å². The molecule has 1 saturated heterocycles. The van der Waals surface area contributed by atoms with Gasteiger partial charge in [-0.3, -0.25) is 4.90 Å². The molecule has 2 aliphatic rings. The van der Waals surface area contributed by atoms with Gasteiger partial charge < -0.3 is 25.4 Å². The van der Waals surface area contributed by atoms with Crippen molar-refractivity contribution < 1.29 is 29.2 Å². The monoisotopic (exact) mass is 324 g/mol. The number of nitrogens with one attached hydrogen (secondary N) is 1. The number of ether oxygens (including phenoxy) is 1. The normalized spacial score (nSPS) is 39.7. The minimum atomic E-state index is -3.56. The average molecular weight is 324 g/mol. The van der Waals surface area contributed by atoms with Crippen LogP contribution in [-0.2, 0) is 4.74 Å². The summed E-state index contributed by atoms with van der Waals surface area (Å²) in [5, 5.41) is 28.0. The molecule has 0 bridgehead atoms. The number of carbonyl (C=O) groups is 1. The summed E-state index contributed by atoms with van der Waals surface area (Å²) in [5.41, 5.74) is -2.62. The molecule has 0 spiro atoms. The van der Waals surface area contributed by atoms with E-state index in [2.05, 4.69) is 16.6 Å². The summed E-state index contributed by atoms with van der Waals surface area (Å²) < 4.78 is 19.2. The topological polar surface area (TPSA) is 102 Å². The number of alkyl halides is 1. The molecule has 112 valence electrons. The third-order valence-corrected chi connectivity index (χ3v) is 3.67. The molecule has 2 heterocycles. The Morgan fingerprint density at radius 1 is 1.50 bits per heavy atom. The molecular weight excluding hydrogens is 315 g/mol. The molecule has 4 N–H and O–H groups in total. The van der Waals surface area contributed by atoms with Gasteiger partial charge in [0.25, 0.3) is 5.85 Å². The maximum atomic E-state index is 14.6. The molecule has 4 atom stereocenters. The second-order valence-electron chi connectivity index (χ2n) is 4.97. The van der Waals surface area contributed by atoms with Gasteiger partial charge >= 0.3 is 6.03 Å². The van der Waals surface area contributed by atoms with Crippen LogP contribution in [0.15, 0.2) is 23.5 Å². The number of carbonyl (C=O) groups excluding carboxylic acids is 1. The molecule has 0 unspecified atom stereocenters. The highest BCUT2D eigenvalue weighted by molar-refractivity contribution is 6.39. The molecule has 12 heteroatoms. The van der Waals surface area contributed by atoms with Gasteiger partial charge in [-0.2, -0.15) is 0 Å². The second kappa shape index (κ2) is 5.00. The Balaban J connectivity index is 2.47. The van der Waals surface area contributed by atoms with Gasteiger partial charge in [0.1, 0.15) is 41.4 Å². The quantitative estimate of drug-likeness (QED) is 0.433. The van der Waals surface area contributed by atoms with E-state index in [1.807, 2.05) is 0 Å². The fraction of sp³-hybridized carbons (Fsp3) is 0.500. The van der Waals surface area contributed by atoms with Crippen molar-refractivity contribution in [2.75, 3.05) is 0 Å². The summed E-state index contributed by atoms with van der Waals surface area (Å²) in [6.45, 7) is 3.42. The zero-order valence-electron chi connectivity index (χ0n) is 11.0. The smallest absolute Gasteiger partial charge is 0.327 e. The number of hydrogen-bond donors (Lipinski definition) is 4. The molecule has 1 fully saturated rings. The van der Waals surface area contributed by atoms with E-state index in [1.165, 1.54) is 0 Å².